The SMILES string of the molecule is CCC[C@@]1(CO)CCCN(C(CO)CO)C1. The second kappa shape index (κ2) is 6.55. The van der Waals surface area contributed by atoms with Crippen molar-refractivity contribution in [1.29, 1.82) is 0 Å². The van der Waals surface area contributed by atoms with Gasteiger partial charge in [-0.2, -0.15) is 0 Å². The quantitative estimate of drug-likeness (QED) is 0.611. The Morgan fingerprint density at radius 1 is 1.25 bits per heavy atom. The number of hydrogen-bond acceptors (Lipinski definition) is 4. The first-order valence-corrected chi connectivity index (χ1v) is 6.28. The van der Waals surface area contributed by atoms with Gasteiger partial charge in [-0.1, -0.05) is 13.3 Å². The molecule has 0 aromatic heterocycles. The Morgan fingerprint density at radius 3 is 2.44 bits per heavy atom. The van der Waals surface area contributed by atoms with Gasteiger partial charge in [-0.3, -0.25) is 4.90 Å². The smallest absolute Gasteiger partial charge is 0.0609 e. The summed E-state index contributed by atoms with van der Waals surface area (Å²) >= 11 is 0. The van der Waals surface area contributed by atoms with Gasteiger partial charge < -0.3 is 15.3 Å². The summed E-state index contributed by atoms with van der Waals surface area (Å²) in [5, 5.41) is 27.9. The van der Waals surface area contributed by atoms with E-state index in [2.05, 4.69) is 11.8 Å². The van der Waals surface area contributed by atoms with E-state index in [0.29, 0.717) is 0 Å². The number of aliphatic hydroxyl groups excluding tert-OH is 3. The Morgan fingerprint density at radius 2 is 1.94 bits per heavy atom. The van der Waals surface area contributed by atoms with Gasteiger partial charge in [0.05, 0.1) is 19.3 Å². The van der Waals surface area contributed by atoms with Gasteiger partial charge in [0.25, 0.3) is 0 Å². The molecular weight excluding hydrogens is 206 g/mol. The monoisotopic (exact) mass is 231 g/mol. The summed E-state index contributed by atoms with van der Waals surface area (Å²) in [5.74, 6) is 0. The number of piperidine rings is 1. The Balaban J connectivity index is 2.63. The van der Waals surface area contributed by atoms with Crippen LogP contribution in [0.2, 0.25) is 0 Å². The summed E-state index contributed by atoms with van der Waals surface area (Å²) in [6, 6.07) is -0.164. The van der Waals surface area contributed by atoms with E-state index in [1.807, 2.05) is 0 Å². The lowest BCUT2D eigenvalue weighted by Crippen LogP contribution is -2.51. The second-order valence-corrected chi connectivity index (χ2v) is 5.00. The van der Waals surface area contributed by atoms with E-state index in [1.165, 1.54) is 0 Å². The maximum atomic E-state index is 9.57. The van der Waals surface area contributed by atoms with Crippen LogP contribution in [0, 0.1) is 5.41 Å². The van der Waals surface area contributed by atoms with E-state index >= 15 is 0 Å². The zero-order valence-corrected chi connectivity index (χ0v) is 10.2. The molecule has 1 fully saturated rings. The summed E-state index contributed by atoms with van der Waals surface area (Å²) in [6.45, 7) is 4.03. The summed E-state index contributed by atoms with van der Waals surface area (Å²) in [4.78, 5) is 2.12. The maximum Gasteiger partial charge on any atom is 0.0609 e. The number of hydrogen-bond donors (Lipinski definition) is 3. The van der Waals surface area contributed by atoms with Gasteiger partial charge in [0.1, 0.15) is 0 Å². The minimum absolute atomic E-state index is 0.00979. The van der Waals surface area contributed by atoms with Crippen LogP contribution >= 0.6 is 0 Å². The molecule has 0 radical (unpaired) electrons. The van der Waals surface area contributed by atoms with Crippen LogP contribution in [0.4, 0.5) is 0 Å². The normalized spacial score (nSPS) is 27.6. The Bertz CT molecular complexity index is 193. The van der Waals surface area contributed by atoms with Crippen molar-refractivity contribution in [1.82, 2.24) is 4.90 Å². The number of likely N-dealkylation sites (tertiary alicyclic amines) is 1. The molecule has 16 heavy (non-hydrogen) atoms. The third-order valence-corrected chi connectivity index (χ3v) is 3.74. The van der Waals surface area contributed by atoms with Crippen molar-refractivity contribution in [3.63, 3.8) is 0 Å². The number of rotatable bonds is 6. The van der Waals surface area contributed by atoms with Crippen molar-refractivity contribution < 1.29 is 15.3 Å². The molecule has 0 unspecified atom stereocenters. The van der Waals surface area contributed by atoms with E-state index < -0.39 is 0 Å². The highest BCUT2D eigenvalue weighted by Gasteiger charge is 2.36. The van der Waals surface area contributed by atoms with Crippen molar-refractivity contribution in [2.75, 3.05) is 32.9 Å². The van der Waals surface area contributed by atoms with Crippen molar-refractivity contribution >= 4 is 0 Å². The van der Waals surface area contributed by atoms with Crippen LogP contribution in [-0.2, 0) is 0 Å². The zero-order chi connectivity index (χ0) is 12.0. The highest BCUT2D eigenvalue weighted by Crippen LogP contribution is 2.34. The van der Waals surface area contributed by atoms with Crippen LogP contribution in [0.5, 0.6) is 0 Å². The fourth-order valence-corrected chi connectivity index (χ4v) is 2.79. The summed E-state index contributed by atoms with van der Waals surface area (Å²) < 4.78 is 0. The third-order valence-electron chi connectivity index (χ3n) is 3.74. The fourth-order valence-electron chi connectivity index (χ4n) is 2.79. The molecule has 3 N–H and O–H groups in total. The van der Waals surface area contributed by atoms with Gasteiger partial charge in [0, 0.05) is 18.6 Å². The molecule has 1 heterocycles. The Labute approximate surface area is 97.9 Å². The van der Waals surface area contributed by atoms with E-state index in [-0.39, 0.29) is 31.3 Å². The minimum Gasteiger partial charge on any atom is -0.396 e. The number of nitrogens with zero attached hydrogens (tertiary/aromatic N) is 1. The minimum atomic E-state index is -0.164. The van der Waals surface area contributed by atoms with E-state index in [1.54, 1.807) is 0 Å². The van der Waals surface area contributed by atoms with Gasteiger partial charge >= 0.3 is 0 Å². The standard InChI is InChI=1S/C12H25NO3/c1-2-4-12(10-16)5-3-6-13(9-12)11(7-14)8-15/h11,14-16H,2-10H2,1H3/t12-/m1/s1. The molecule has 0 amide bonds. The van der Waals surface area contributed by atoms with Gasteiger partial charge in [-0.05, 0) is 25.8 Å². The maximum absolute atomic E-state index is 9.57. The second-order valence-electron chi connectivity index (χ2n) is 5.00. The van der Waals surface area contributed by atoms with Crippen molar-refractivity contribution in [2.24, 2.45) is 5.41 Å². The Kier molecular flexibility index (Phi) is 5.69. The largest absolute Gasteiger partial charge is 0.396 e. The predicted molar refractivity (Wildman–Crippen MR) is 63.2 cm³/mol. The van der Waals surface area contributed by atoms with Crippen LogP contribution in [0.3, 0.4) is 0 Å². The molecule has 4 nitrogen and oxygen atoms in total. The van der Waals surface area contributed by atoms with Gasteiger partial charge in [0.2, 0.25) is 0 Å². The lowest BCUT2D eigenvalue weighted by Gasteiger charge is -2.44. The molecule has 0 aromatic rings. The first-order valence-electron chi connectivity index (χ1n) is 6.28. The molecule has 0 aromatic carbocycles. The summed E-state index contributed by atoms with van der Waals surface area (Å²) in [5.41, 5.74) is -0.0183. The third kappa shape index (κ3) is 3.17. The predicted octanol–water partition coefficient (Wildman–Crippen LogP) is 0.214. The summed E-state index contributed by atoms with van der Waals surface area (Å²) in [7, 11) is 0. The van der Waals surface area contributed by atoms with E-state index in [9.17, 15) is 15.3 Å². The molecule has 1 rings (SSSR count). The lowest BCUT2D eigenvalue weighted by atomic mass is 9.76. The van der Waals surface area contributed by atoms with E-state index in [4.69, 9.17) is 0 Å². The molecule has 0 aliphatic carbocycles. The molecule has 0 spiro atoms. The molecule has 0 bridgehead atoms. The molecule has 0 saturated carbocycles. The molecular formula is C12H25NO3. The molecule has 1 atom stereocenters. The van der Waals surface area contributed by atoms with Crippen LogP contribution in [0.25, 0.3) is 0 Å². The van der Waals surface area contributed by atoms with Gasteiger partial charge in [-0.25, -0.2) is 0 Å². The molecule has 96 valence electrons. The average Bonchev–Trinajstić information content (AvgIpc) is 2.31. The molecule has 1 saturated heterocycles. The zero-order valence-electron chi connectivity index (χ0n) is 10.2. The fraction of sp³-hybridized carbons (Fsp3) is 1.00. The lowest BCUT2D eigenvalue weighted by molar-refractivity contribution is -0.0196. The Hall–Kier alpha value is -0.160. The van der Waals surface area contributed by atoms with Crippen LogP contribution in [-0.4, -0.2) is 59.2 Å². The van der Waals surface area contributed by atoms with Crippen molar-refractivity contribution in [2.45, 2.75) is 38.6 Å². The summed E-state index contributed by atoms with van der Waals surface area (Å²) in [6.07, 6.45) is 4.18. The average molecular weight is 231 g/mol. The molecule has 1 aliphatic rings. The highest BCUT2D eigenvalue weighted by atomic mass is 16.3. The van der Waals surface area contributed by atoms with Crippen molar-refractivity contribution in [3.8, 4) is 0 Å². The number of aliphatic hydroxyl groups is 3. The van der Waals surface area contributed by atoms with E-state index in [0.717, 1.165) is 38.8 Å². The van der Waals surface area contributed by atoms with Crippen LogP contribution in [0.1, 0.15) is 32.6 Å². The first kappa shape index (κ1) is 13.9. The van der Waals surface area contributed by atoms with Gasteiger partial charge in [0.15, 0.2) is 0 Å². The first-order chi connectivity index (χ1) is 7.71. The van der Waals surface area contributed by atoms with Crippen LogP contribution in [0.15, 0.2) is 0 Å². The molecule has 4 heteroatoms. The van der Waals surface area contributed by atoms with Crippen LogP contribution < -0.4 is 0 Å². The topological polar surface area (TPSA) is 63.9 Å². The molecule has 1 aliphatic heterocycles. The highest BCUT2D eigenvalue weighted by molar-refractivity contribution is 4.88. The van der Waals surface area contributed by atoms with Crippen molar-refractivity contribution in [3.05, 3.63) is 0 Å². The van der Waals surface area contributed by atoms with Gasteiger partial charge in [-0.15, -0.1) is 0 Å².